The third-order valence-electron chi connectivity index (χ3n) is 4.57. The van der Waals surface area contributed by atoms with Crippen molar-refractivity contribution in [2.75, 3.05) is 18.6 Å². The zero-order valence-corrected chi connectivity index (χ0v) is 14.3. The summed E-state index contributed by atoms with van der Waals surface area (Å²) >= 11 is 0. The lowest BCUT2D eigenvalue weighted by Crippen LogP contribution is -2.24. The second-order valence-electron chi connectivity index (χ2n) is 6.15. The molecule has 1 fully saturated rings. The van der Waals surface area contributed by atoms with Gasteiger partial charge in [0.15, 0.2) is 11.6 Å². The van der Waals surface area contributed by atoms with E-state index in [9.17, 15) is 9.90 Å². The maximum atomic E-state index is 12.6. The summed E-state index contributed by atoms with van der Waals surface area (Å²) in [6.45, 7) is 0.384. The SMILES string of the molecule is COc1cccc(N2C[C@H](n3ccnc3-c3ccc(CO)o3)CC2=O)c1. The highest BCUT2D eigenvalue weighted by atomic mass is 16.5. The molecule has 0 saturated carbocycles. The summed E-state index contributed by atoms with van der Waals surface area (Å²) in [5, 5.41) is 9.19. The summed E-state index contributed by atoms with van der Waals surface area (Å²) in [5.41, 5.74) is 0.819. The minimum absolute atomic E-state index is 0.0473. The van der Waals surface area contributed by atoms with Crippen LogP contribution in [0, 0.1) is 0 Å². The number of hydrogen-bond donors (Lipinski definition) is 1. The molecular weight excluding hydrogens is 334 g/mol. The van der Waals surface area contributed by atoms with Crippen LogP contribution in [0.1, 0.15) is 18.2 Å². The lowest BCUT2D eigenvalue weighted by Gasteiger charge is -2.18. The number of carbonyl (C=O) groups excluding carboxylic acids is 1. The van der Waals surface area contributed by atoms with Crippen LogP contribution in [-0.4, -0.2) is 34.2 Å². The molecule has 4 rings (SSSR count). The van der Waals surface area contributed by atoms with Gasteiger partial charge in [-0.25, -0.2) is 4.98 Å². The van der Waals surface area contributed by atoms with E-state index in [2.05, 4.69) is 4.98 Å². The molecule has 0 unspecified atom stereocenters. The fourth-order valence-electron chi connectivity index (χ4n) is 3.28. The van der Waals surface area contributed by atoms with Crippen LogP contribution >= 0.6 is 0 Å². The molecule has 1 aliphatic rings. The molecule has 1 atom stereocenters. The Morgan fingerprint density at radius 1 is 1.35 bits per heavy atom. The van der Waals surface area contributed by atoms with Crippen molar-refractivity contribution in [1.82, 2.24) is 9.55 Å². The number of rotatable bonds is 5. The van der Waals surface area contributed by atoms with E-state index < -0.39 is 0 Å². The van der Waals surface area contributed by atoms with Gasteiger partial charge in [-0.2, -0.15) is 0 Å². The Bertz CT molecular complexity index is 930. The molecule has 7 nitrogen and oxygen atoms in total. The van der Waals surface area contributed by atoms with Gasteiger partial charge in [0.05, 0.1) is 13.2 Å². The third-order valence-corrected chi connectivity index (χ3v) is 4.57. The van der Waals surface area contributed by atoms with Gasteiger partial charge in [0.25, 0.3) is 0 Å². The largest absolute Gasteiger partial charge is 0.497 e. The van der Waals surface area contributed by atoms with E-state index in [1.165, 1.54) is 0 Å². The van der Waals surface area contributed by atoms with Gasteiger partial charge in [-0.15, -0.1) is 0 Å². The maximum Gasteiger partial charge on any atom is 0.229 e. The molecule has 3 aromatic rings. The van der Waals surface area contributed by atoms with E-state index in [0.717, 1.165) is 5.69 Å². The molecule has 134 valence electrons. The van der Waals surface area contributed by atoms with E-state index in [1.54, 1.807) is 30.3 Å². The zero-order chi connectivity index (χ0) is 18.1. The average molecular weight is 353 g/mol. The van der Waals surface area contributed by atoms with Crippen LogP contribution in [0.3, 0.4) is 0 Å². The predicted molar refractivity (Wildman–Crippen MR) is 94.9 cm³/mol. The van der Waals surface area contributed by atoms with Gasteiger partial charge in [-0.05, 0) is 24.3 Å². The molecule has 1 amide bonds. The number of benzene rings is 1. The van der Waals surface area contributed by atoms with Crippen molar-refractivity contribution < 1.29 is 19.1 Å². The van der Waals surface area contributed by atoms with Crippen molar-refractivity contribution in [3.8, 4) is 17.3 Å². The van der Waals surface area contributed by atoms with Crippen LogP contribution in [0.15, 0.2) is 53.2 Å². The predicted octanol–water partition coefficient (Wildman–Crippen LogP) is 2.62. The molecule has 1 aliphatic heterocycles. The first kappa shape index (κ1) is 16.4. The molecule has 3 heterocycles. The average Bonchev–Trinajstić information content (AvgIpc) is 3.40. The highest BCUT2D eigenvalue weighted by molar-refractivity contribution is 5.96. The summed E-state index contributed by atoms with van der Waals surface area (Å²) in [4.78, 5) is 18.7. The van der Waals surface area contributed by atoms with Crippen LogP contribution < -0.4 is 9.64 Å². The van der Waals surface area contributed by atoms with Crippen molar-refractivity contribution >= 4 is 11.6 Å². The van der Waals surface area contributed by atoms with Crippen molar-refractivity contribution in [1.29, 1.82) is 0 Å². The van der Waals surface area contributed by atoms with Gasteiger partial charge >= 0.3 is 0 Å². The fraction of sp³-hybridized carbons (Fsp3) is 0.263. The number of methoxy groups -OCH3 is 1. The van der Waals surface area contributed by atoms with Crippen LogP contribution in [0.25, 0.3) is 11.6 Å². The fourth-order valence-corrected chi connectivity index (χ4v) is 3.28. The Morgan fingerprint density at radius 2 is 2.23 bits per heavy atom. The number of imidazole rings is 1. The van der Waals surface area contributed by atoms with Crippen molar-refractivity contribution in [2.24, 2.45) is 0 Å². The standard InChI is InChI=1S/C19H19N3O4/c1-25-15-4-2-3-13(9-15)22-11-14(10-18(22)24)21-8-7-20-19(21)17-6-5-16(12-23)26-17/h2-9,14,23H,10-12H2,1H3/t14-/m1/s1. The molecule has 26 heavy (non-hydrogen) atoms. The Labute approximate surface area is 150 Å². The van der Waals surface area contributed by atoms with Crippen LogP contribution in [0.4, 0.5) is 5.69 Å². The molecular formula is C19H19N3O4. The summed E-state index contributed by atoms with van der Waals surface area (Å²) in [6, 6.07) is 10.9. The second kappa shape index (κ2) is 6.68. The first-order valence-electron chi connectivity index (χ1n) is 8.37. The molecule has 0 radical (unpaired) electrons. The quantitative estimate of drug-likeness (QED) is 0.763. The van der Waals surface area contributed by atoms with E-state index >= 15 is 0 Å². The third kappa shape index (κ3) is 2.86. The smallest absolute Gasteiger partial charge is 0.229 e. The number of aromatic nitrogens is 2. The zero-order valence-electron chi connectivity index (χ0n) is 14.3. The van der Waals surface area contributed by atoms with Crippen molar-refractivity contribution in [3.05, 3.63) is 54.6 Å². The molecule has 0 aliphatic carbocycles. The Hall–Kier alpha value is -3.06. The second-order valence-corrected chi connectivity index (χ2v) is 6.15. The van der Waals surface area contributed by atoms with Gasteiger partial charge < -0.3 is 23.7 Å². The van der Waals surface area contributed by atoms with Gasteiger partial charge in [0.2, 0.25) is 5.91 Å². The minimum atomic E-state index is -0.160. The number of aliphatic hydroxyl groups is 1. The lowest BCUT2D eigenvalue weighted by molar-refractivity contribution is -0.117. The lowest BCUT2D eigenvalue weighted by atomic mass is 10.2. The summed E-state index contributed by atoms with van der Waals surface area (Å²) in [6.07, 6.45) is 3.92. The van der Waals surface area contributed by atoms with Crippen molar-refractivity contribution in [3.63, 3.8) is 0 Å². The van der Waals surface area contributed by atoms with Crippen LogP contribution in [-0.2, 0) is 11.4 Å². The molecule has 0 bridgehead atoms. The van der Waals surface area contributed by atoms with E-state index in [-0.39, 0.29) is 18.6 Å². The van der Waals surface area contributed by atoms with E-state index in [0.29, 0.717) is 36.1 Å². The van der Waals surface area contributed by atoms with Crippen molar-refractivity contribution in [2.45, 2.75) is 19.1 Å². The number of anilines is 1. The minimum Gasteiger partial charge on any atom is -0.497 e. The number of aliphatic hydroxyl groups excluding tert-OH is 1. The Kier molecular flexibility index (Phi) is 4.22. The van der Waals surface area contributed by atoms with E-state index in [4.69, 9.17) is 9.15 Å². The molecule has 7 heteroatoms. The number of furan rings is 1. The number of amides is 1. The van der Waals surface area contributed by atoms with Gasteiger partial charge in [0, 0.05) is 37.1 Å². The molecule has 1 aromatic carbocycles. The van der Waals surface area contributed by atoms with Crippen LogP contribution in [0.2, 0.25) is 0 Å². The molecule has 1 N–H and O–H groups in total. The van der Waals surface area contributed by atoms with Gasteiger partial charge in [-0.3, -0.25) is 4.79 Å². The number of hydrogen-bond acceptors (Lipinski definition) is 5. The monoisotopic (exact) mass is 353 g/mol. The summed E-state index contributed by atoms with van der Waals surface area (Å²) in [7, 11) is 1.61. The van der Waals surface area contributed by atoms with E-state index in [1.807, 2.05) is 35.0 Å². The Morgan fingerprint density at radius 3 is 3.00 bits per heavy atom. The highest BCUT2D eigenvalue weighted by Crippen LogP contribution is 2.33. The number of carbonyl (C=O) groups is 1. The molecule has 1 saturated heterocycles. The Balaban J connectivity index is 1.61. The first-order chi connectivity index (χ1) is 12.7. The molecule has 0 spiro atoms. The number of nitrogens with zero attached hydrogens (tertiary/aromatic N) is 3. The van der Waals surface area contributed by atoms with Crippen LogP contribution in [0.5, 0.6) is 5.75 Å². The summed E-state index contributed by atoms with van der Waals surface area (Å²) < 4.78 is 12.8. The normalized spacial score (nSPS) is 17.1. The van der Waals surface area contributed by atoms with Gasteiger partial charge in [0.1, 0.15) is 18.1 Å². The highest BCUT2D eigenvalue weighted by Gasteiger charge is 2.33. The van der Waals surface area contributed by atoms with Gasteiger partial charge in [-0.1, -0.05) is 6.07 Å². The maximum absolute atomic E-state index is 12.6. The number of ether oxygens (including phenoxy) is 1. The molecule has 2 aromatic heterocycles. The topological polar surface area (TPSA) is 80.7 Å². The first-order valence-corrected chi connectivity index (χ1v) is 8.37. The summed E-state index contributed by atoms with van der Waals surface area (Å²) in [5.74, 6) is 2.48.